The lowest BCUT2D eigenvalue weighted by molar-refractivity contribution is -0.114. The third kappa shape index (κ3) is 4.21. The molecule has 2 heterocycles. The number of benzene rings is 2. The van der Waals surface area contributed by atoms with Crippen LogP contribution in [0.3, 0.4) is 0 Å². The van der Waals surface area contributed by atoms with E-state index in [9.17, 15) is 14.3 Å². The number of phenolic OH excluding ortho intramolecular Hbond substituents is 1. The molecule has 3 aromatic rings. The summed E-state index contributed by atoms with van der Waals surface area (Å²) < 4.78 is 16.4. The molecule has 1 aromatic heterocycles. The van der Waals surface area contributed by atoms with Crippen molar-refractivity contribution in [3.05, 3.63) is 54.6 Å². The van der Waals surface area contributed by atoms with Crippen molar-refractivity contribution in [3.63, 3.8) is 0 Å². The molecule has 0 spiro atoms. The maximum Gasteiger partial charge on any atom is 0.221 e. The Balaban J connectivity index is 1.64. The van der Waals surface area contributed by atoms with Gasteiger partial charge in [0.05, 0.1) is 12.2 Å². The van der Waals surface area contributed by atoms with Gasteiger partial charge in [0, 0.05) is 35.5 Å². The molecular weight excluding hydrogens is 383 g/mol. The predicted molar refractivity (Wildman–Crippen MR) is 115 cm³/mol. The summed E-state index contributed by atoms with van der Waals surface area (Å²) >= 11 is 0. The molecule has 7 heteroatoms. The summed E-state index contributed by atoms with van der Waals surface area (Å²) in [5.74, 6) is -0.595. The van der Waals surface area contributed by atoms with Gasteiger partial charge < -0.3 is 15.3 Å². The van der Waals surface area contributed by atoms with Gasteiger partial charge in [0.1, 0.15) is 11.6 Å². The summed E-state index contributed by atoms with van der Waals surface area (Å²) in [7, 11) is 2.11. The van der Waals surface area contributed by atoms with E-state index in [0.29, 0.717) is 34.0 Å². The van der Waals surface area contributed by atoms with Gasteiger partial charge >= 0.3 is 0 Å². The lowest BCUT2D eigenvalue weighted by Crippen LogP contribution is -2.31. The molecule has 2 N–H and O–H groups in total. The van der Waals surface area contributed by atoms with E-state index in [0.717, 1.165) is 25.9 Å². The second-order valence-corrected chi connectivity index (χ2v) is 7.85. The van der Waals surface area contributed by atoms with Crippen molar-refractivity contribution in [2.45, 2.75) is 25.8 Å². The van der Waals surface area contributed by atoms with Crippen molar-refractivity contribution >= 4 is 11.6 Å². The molecule has 1 amide bonds. The molecule has 1 aliphatic heterocycles. The third-order valence-electron chi connectivity index (χ3n) is 5.57. The molecule has 2 aromatic carbocycles. The number of nitrogens with one attached hydrogen (secondary N) is 1. The van der Waals surface area contributed by atoms with E-state index in [2.05, 4.69) is 22.4 Å². The highest BCUT2D eigenvalue weighted by Crippen LogP contribution is 2.39. The van der Waals surface area contributed by atoms with Crippen LogP contribution in [-0.2, 0) is 4.79 Å². The summed E-state index contributed by atoms with van der Waals surface area (Å²) in [6.07, 6.45) is 5.59. The number of aromatic nitrogens is 2. The average molecular weight is 408 g/mol. The van der Waals surface area contributed by atoms with E-state index in [1.807, 2.05) is 10.9 Å². The lowest BCUT2D eigenvalue weighted by Gasteiger charge is -2.28. The van der Waals surface area contributed by atoms with Crippen LogP contribution in [0.2, 0.25) is 0 Å². The molecule has 1 saturated heterocycles. The van der Waals surface area contributed by atoms with Gasteiger partial charge in [-0.3, -0.25) is 9.48 Å². The molecule has 156 valence electrons. The Hall–Kier alpha value is -3.19. The summed E-state index contributed by atoms with van der Waals surface area (Å²) in [6, 6.07) is 9.88. The largest absolute Gasteiger partial charge is 0.507 e. The lowest BCUT2D eigenvalue weighted by atomic mass is 9.98. The molecule has 6 nitrogen and oxygen atoms in total. The number of phenols is 1. The zero-order chi connectivity index (χ0) is 21.3. The fraction of sp³-hybridized carbons (Fsp3) is 0.304. The van der Waals surface area contributed by atoms with Crippen LogP contribution in [-0.4, -0.2) is 45.8 Å². The van der Waals surface area contributed by atoms with Gasteiger partial charge in [-0.05, 0) is 62.8 Å². The van der Waals surface area contributed by atoms with Crippen LogP contribution in [0, 0.1) is 5.82 Å². The highest BCUT2D eigenvalue weighted by molar-refractivity contribution is 5.89. The zero-order valence-corrected chi connectivity index (χ0v) is 17.1. The summed E-state index contributed by atoms with van der Waals surface area (Å²) in [4.78, 5) is 13.5. The van der Waals surface area contributed by atoms with Crippen LogP contribution >= 0.6 is 0 Å². The smallest absolute Gasteiger partial charge is 0.221 e. The fourth-order valence-electron chi connectivity index (χ4n) is 3.91. The Labute approximate surface area is 174 Å². The maximum absolute atomic E-state index is 14.4. The molecule has 0 bridgehead atoms. The van der Waals surface area contributed by atoms with Gasteiger partial charge in [-0.1, -0.05) is 12.1 Å². The molecule has 4 rings (SSSR count). The zero-order valence-electron chi connectivity index (χ0n) is 17.1. The number of carbonyl (C=O) groups is 1. The highest BCUT2D eigenvalue weighted by atomic mass is 19.1. The standard InChI is InChI=1S/C23H25FN4O2/c1-15(29)26-19-5-3-16(4-6-19)21-11-18(24)12-22(23(21)30)17-13-25-28(14-17)20-7-9-27(2)10-8-20/h3-6,11-14,20,30H,7-10H2,1-2H3,(H,26,29). The number of hydrogen-bond acceptors (Lipinski definition) is 4. The summed E-state index contributed by atoms with van der Waals surface area (Å²) in [5, 5.41) is 18.1. The van der Waals surface area contributed by atoms with Crippen LogP contribution in [0.1, 0.15) is 25.8 Å². The Kier molecular flexibility index (Phi) is 5.55. The van der Waals surface area contributed by atoms with E-state index in [1.54, 1.807) is 30.5 Å². The number of likely N-dealkylation sites (tertiary alicyclic amines) is 1. The maximum atomic E-state index is 14.4. The molecule has 30 heavy (non-hydrogen) atoms. The molecule has 1 aliphatic rings. The van der Waals surface area contributed by atoms with Crippen molar-refractivity contribution in [3.8, 4) is 28.0 Å². The van der Waals surface area contributed by atoms with Crippen LogP contribution < -0.4 is 5.32 Å². The number of rotatable bonds is 4. The first-order chi connectivity index (χ1) is 14.4. The van der Waals surface area contributed by atoms with E-state index in [-0.39, 0.29) is 11.7 Å². The van der Waals surface area contributed by atoms with Gasteiger partial charge in [0.2, 0.25) is 5.91 Å². The van der Waals surface area contributed by atoms with Gasteiger partial charge in [-0.25, -0.2) is 4.39 Å². The highest BCUT2D eigenvalue weighted by Gasteiger charge is 2.21. The number of piperidine rings is 1. The Bertz CT molecular complexity index is 1050. The molecule has 1 fully saturated rings. The van der Waals surface area contributed by atoms with Crippen molar-refractivity contribution < 1.29 is 14.3 Å². The molecule has 0 unspecified atom stereocenters. The minimum absolute atomic E-state index is 0.00612. The van der Waals surface area contributed by atoms with Crippen molar-refractivity contribution in [2.75, 3.05) is 25.5 Å². The third-order valence-corrected chi connectivity index (χ3v) is 5.57. The Morgan fingerprint density at radius 3 is 2.40 bits per heavy atom. The molecule has 0 aliphatic carbocycles. The normalized spacial score (nSPS) is 15.3. The number of aromatic hydroxyl groups is 1. The molecular formula is C23H25FN4O2. The molecule has 0 saturated carbocycles. The number of hydrogen-bond donors (Lipinski definition) is 2. The number of amides is 1. The van der Waals surface area contributed by atoms with Crippen molar-refractivity contribution in [1.29, 1.82) is 0 Å². The minimum Gasteiger partial charge on any atom is -0.507 e. The second-order valence-electron chi connectivity index (χ2n) is 7.85. The fourth-order valence-corrected chi connectivity index (χ4v) is 3.91. The van der Waals surface area contributed by atoms with Crippen LogP contribution in [0.4, 0.5) is 10.1 Å². The number of nitrogens with zero attached hydrogens (tertiary/aromatic N) is 3. The quantitative estimate of drug-likeness (QED) is 0.676. The van der Waals surface area contributed by atoms with Crippen molar-refractivity contribution in [1.82, 2.24) is 14.7 Å². The van der Waals surface area contributed by atoms with Gasteiger partial charge in [0.15, 0.2) is 0 Å². The van der Waals surface area contributed by atoms with Gasteiger partial charge in [-0.15, -0.1) is 0 Å². The average Bonchev–Trinajstić information content (AvgIpc) is 3.20. The van der Waals surface area contributed by atoms with E-state index < -0.39 is 5.82 Å². The number of anilines is 1. The molecule has 0 atom stereocenters. The predicted octanol–water partition coefficient (Wildman–Crippen LogP) is 4.29. The topological polar surface area (TPSA) is 70.4 Å². The summed E-state index contributed by atoms with van der Waals surface area (Å²) in [6.45, 7) is 3.47. The molecule has 0 radical (unpaired) electrons. The number of carbonyl (C=O) groups excluding carboxylic acids is 1. The summed E-state index contributed by atoms with van der Waals surface area (Å²) in [5.41, 5.74) is 2.79. The first-order valence-corrected chi connectivity index (χ1v) is 10.0. The van der Waals surface area contributed by atoms with Gasteiger partial charge in [0.25, 0.3) is 0 Å². The van der Waals surface area contributed by atoms with Crippen LogP contribution in [0.25, 0.3) is 22.3 Å². The Morgan fingerprint density at radius 1 is 1.13 bits per heavy atom. The van der Waals surface area contributed by atoms with E-state index in [4.69, 9.17) is 0 Å². The van der Waals surface area contributed by atoms with E-state index >= 15 is 0 Å². The number of halogens is 1. The Morgan fingerprint density at radius 2 is 1.77 bits per heavy atom. The minimum atomic E-state index is -0.434. The first kappa shape index (κ1) is 20.1. The van der Waals surface area contributed by atoms with Crippen LogP contribution in [0.15, 0.2) is 48.8 Å². The van der Waals surface area contributed by atoms with E-state index in [1.165, 1.54) is 19.1 Å². The first-order valence-electron chi connectivity index (χ1n) is 10.0. The van der Waals surface area contributed by atoms with Crippen molar-refractivity contribution in [2.24, 2.45) is 0 Å². The van der Waals surface area contributed by atoms with Gasteiger partial charge in [-0.2, -0.15) is 5.10 Å². The second kappa shape index (κ2) is 8.28. The van der Waals surface area contributed by atoms with Crippen LogP contribution in [0.5, 0.6) is 5.75 Å². The SMILES string of the molecule is CC(=O)Nc1ccc(-c2cc(F)cc(-c3cnn(C4CCN(C)CC4)c3)c2O)cc1. The monoisotopic (exact) mass is 408 g/mol.